The first-order valence-electron chi connectivity index (χ1n) is 6.76. The highest BCUT2D eigenvalue weighted by atomic mass is 19.1. The molecule has 2 nitrogen and oxygen atoms in total. The van der Waals surface area contributed by atoms with Crippen molar-refractivity contribution in [3.8, 4) is 11.8 Å². The van der Waals surface area contributed by atoms with Crippen molar-refractivity contribution in [2.45, 2.75) is 13.5 Å². The van der Waals surface area contributed by atoms with E-state index in [9.17, 15) is 4.39 Å². The van der Waals surface area contributed by atoms with Crippen LogP contribution >= 0.6 is 0 Å². The summed E-state index contributed by atoms with van der Waals surface area (Å²) in [5, 5.41) is 8.70. The lowest BCUT2D eigenvalue weighted by atomic mass is 10.1. The van der Waals surface area contributed by atoms with Crippen LogP contribution in [0.15, 0.2) is 42.5 Å². The summed E-state index contributed by atoms with van der Waals surface area (Å²) in [5.74, 6) is 4.75. The zero-order valence-electron chi connectivity index (χ0n) is 12.2. The van der Waals surface area contributed by atoms with Crippen molar-refractivity contribution in [2.24, 2.45) is 0 Å². The van der Waals surface area contributed by atoms with Gasteiger partial charge in [-0.3, -0.25) is 0 Å². The smallest absolute Gasteiger partial charge is 0.138 e. The van der Waals surface area contributed by atoms with Crippen LogP contribution in [0.1, 0.15) is 16.7 Å². The highest BCUT2D eigenvalue weighted by molar-refractivity contribution is 5.49. The second kappa shape index (κ2) is 6.92. The van der Waals surface area contributed by atoms with Gasteiger partial charge in [0.25, 0.3) is 0 Å². The van der Waals surface area contributed by atoms with Crippen molar-refractivity contribution >= 4 is 5.69 Å². The van der Waals surface area contributed by atoms with Crippen LogP contribution in [-0.2, 0) is 6.54 Å². The third kappa shape index (κ3) is 4.08. The van der Waals surface area contributed by atoms with E-state index in [1.54, 1.807) is 12.1 Å². The molecule has 0 aliphatic heterocycles. The molecule has 0 heterocycles. The van der Waals surface area contributed by atoms with Crippen LogP contribution < -0.4 is 4.90 Å². The third-order valence-corrected chi connectivity index (χ3v) is 3.20. The van der Waals surface area contributed by atoms with E-state index in [4.69, 9.17) is 5.11 Å². The minimum atomic E-state index is -0.363. The maximum absolute atomic E-state index is 13.6. The maximum atomic E-state index is 13.6. The first-order chi connectivity index (χ1) is 10.1. The molecule has 0 aromatic heterocycles. The Hall–Kier alpha value is -2.31. The molecule has 0 aliphatic carbocycles. The molecular weight excluding hydrogens is 265 g/mol. The van der Waals surface area contributed by atoms with Gasteiger partial charge in [-0.15, -0.1) is 0 Å². The predicted molar refractivity (Wildman–Crippen MR) is 83.6 cm³/mol. The molecule has 21 heavy (non-hydrogen) atoms. The fraction of sp³-hybridized carbons (Fsp3) is 0.222. The monoisotopic (exact) mass is 283 g/mol. The number of aliphatic hydroxyl groups excluding tert-OH is 1. The Bertz CT molecular complexity index is 685. The van der Waals surface area contributed by atoms with Crippen LogP contribution in [0.25, 0.3) is 0 Å². The maximum Gasteiger partial charge on any atom is 0.138 e. The molecule has 2 aromatic carbocycles. The lowest BCUT2D eigenvalue weighted by molar-refractivity contribution is 0.350. The standard InChI is InChI=1S/C18H18FNO/c1-14-5-3-7-17(11-14)20(2)13-15-8-9-18(19)16(12-15)6-4-10-21/h3,5,7-9,11-12,21H,10,13H2,1-2H3. The topological polar surface area (TPSA) is 23.5 Å². The number of benzene rings is 2. The molecule has 0 radical (unpaired) electrons. The third-order valence-electron chi connectivity index (χ3n) is 3.20. The van der Waals surface area contributed by atoms with E-state index in [0.717, 1.165) is 11.3 Å². The minimum Gasteiger partial charge on any atom is -0.384 e. The number of aliphatic hydroxyl groups is 1. The van der Waals surface area contributed by atoms with Crippen molar-refractivity contribution in [1.82, 2.24) is 0 Å². The van der Waals surface area contributed by atoms with E-state index in [0.29, 0.717) is 12.1 Å². The molecular formula is C18H18FNO. The molecule has 0 amide bonds. The largest absolute Gasteiger partial charge is 0.384 e. The molecule has 0 atom stereocenters. The van der Waals surface area contributed by atoms with Crippen molar-refractivity contribution in [3.63, 3.8) is 0 Å². The fourth-order valence-electron chi connectivity index (χ4n) is 2.13. The average Bonchev–Trinajstić information content (AvgIpc) is 2.47. The van der Waals surface area contributed by atoms with Gasteiger partial charge in [-0.05, 0) is 42.3 Å². The van der Waals surface area contributed by atoms with Crippen LogP contribution in [-0.4, -0.2) is 18.8 Å². The highest BCUT2D eigenvalue weighted by Crippen LogP contribution is 2.18. The van der Waals surface area contributed by atoms with Gasteiger partial charge in [0.1, 0.15) is 12.4 Å². The van der Waals surface area contributed by atoms with Crippen LogP contribution in [0.2, 0.25) is 0 Å². The Kier molecular flexibility index (Phi) is 4.97. The Labute approximate surface area is 124 Å². The number of hydrogen-bond donors (Lipinski definition) is 1. The SMILES string of the molecule is Cc1cccc(N(C)Cc2ccc(F)c(C#CCO)c2)c1. The Morgan fingerprint density at radius 3 is 2.71 bits per heavy atom. The summed E-state index contributed by atoms with van der Waals surface area (Å²) in [4.78, 5) is 2.10. The van der Waals surface area contributed by atoms with Crippen molar-refractivity contribution < 1.29 is 9.50 Å². The van der Waals surface area contributed by atoms with Crippen LogP contribution in [0.5, 0.6) is 0 Å². The van der Waals surface area contributed by atoms with E-state index in [2.05, 4.69) is 35.8 Å². The molecule has 3 heteroatoms. The molecule has 0 bridgehead atoms. The van der Waals surface area contributed by atoms with Gasteiger partial charge in [-0.2, -0.15) is 0 Å². The van der Waals surface area contributed by atoms with Crippen LogP contribution in [0, 0.1) is 24.6 Å². The van der Waals surface area contributed by atoms with Gasteiger partial charge < -0.3 is 10.0 Å². The number of nitrogens with zero attached hydrogens (tertiary/aromatic N) is 1. The lowest BCUT2D eigenvalue weighted by Crippen LogP contribution is -2.16. The highest BCUT2D eigenvalue weighted by Gasteiger charge is 2.05. The zero-order chi connectivity index (χ0) is 15.2. The van der Waals surface area contributed by atoms with Crippen molar-refractivity contribution in [3.05, 3.63) is 65.0 Å². The van der Waals surface area contributed by atoms with Gasteiger partial charge >= 0.3 is 0 Å². The summed E-state index contributed by atoms with van der Waals surface area (Å²) in [6, 6.07) is 13.1. The van der Waals surface area contributed by atoms with E-state index in [-0.39, 0.29) is 12.4 Å². The van der Waals surface area contributed by atoms with Gasteiger partial charge in [-0.1, -0.05) is 30.0 Å². The summed E-state index contributed by atoms with van der Waals surface area (Å²) >= 11 is 0. The number of aryl methyl sites for hydroxylation is 1. The van der Waals surface area contributed by atoms with Crippen molar-refractivity contribution in [1.29, 1.82) is 0 Å². The number of hydrogen-bond acceptors (Lipinski definition) is 2. The molecule has 0 spiro atoms. The van der Waals surface area contributed by atoms with E-state index >= 15 is 0 Å². The lowest BCUT2D eigenvalue weighted by Gasteiger charge is -2.20. The molecule has 0 aliphatic rings. The van der Waals surface area contributed by atoms with E-state index in [1.165, 1.54) is 11.6 Å². The van der Waals surface area contributed by atoms with Gasteiger partial charge in [0.05, 0.1) is 5.56 Å². The average molecular weight is 283 g/mol. The Balaban J connectivity index is 2.19. The summed E-state index contributed by atoms with van der Waals surface area (Å²) in [7, 11) is 2.00. The summed E-state index contributed by atoms with van der Waals surface area (Å²) in [5.41, 5.74) is 3.61. The minimum absolute atomic E-state index is 0.271. The molecule has 0 saturated heterocycles. The van der Waals surface area contributed by atoms with Crippen molar-refractivity contribution in [2.75, 3.05) is 18.6 Å². The predicted octanol–water partition coefficient (Wildman–Crippen LogP) is 3.11. The van der Waals surface area contributed by atoms with Gasteiger partial charge in [0.15, 0.2) is 0 Å². The number of rotatable bonds is 3. The first-order valence-corrected chi connectivity index (χ1v) is 6.76. The quantitative estimate of drug-likeness (QED) is 0.875. The number of halogens is 1. The molecule has 0 fully saturated rings. The molecule has 1 N–H and O–H groups in total. The summed E-state index contributed by atoms with van der Waals surface area (Å²) in [6.07, 6.45) is 0. The Morgan fingerprint density at radius 1 is 1.19 bits per heavy atom. The number of anilines is 1. The molecule has 0 saturated carbocycles. The van der Waals surface area contributed by atoms with E-state index in [1.807, 2.05) is 19.2 Å². The van der Waals surface area contributed by atoms with Crippen LogP contribution in [0.3, 0.4) is 0 Å². The summed E-state index contributed by atoms with van der Waals surface area (Å²) in [6.45, 7) is 2.45. The molecule has 0 unspecified atom stereocenters. The molecule has 2 aromatic rings. The normalized spacial score (nSPS) is 9.90. The Morgan fingerprint density at radius 2 is 2.00 bits per heavy atom. The summed E-state index contributed by atoms with van der Waals surface area (Å²) < 4.78 is 13.6. The molecule has 108 valence electrons. The first kappa shape index (κ1) is 15.1. The molecule has 2 rings (SSSR count). The second-order valence-electron chi connectivity index (χ2n) is 4.97. The van der Waals surface area contributed by atoms with Gasteiger partial charge in [0, 0.05) is 19.3 Å². The van der Waals surface area contributed by atoms with Gasteiger partial charge in [0.2, 0.25) is 0 Å². The zero-order valence-corrected chi connectivity index (χ0v) is 12.2. The van der Waals surface area contributed by atoms with Gasteiger partial charge in [-0.25, -0.2) is 4.39 Å². The van der Waals surface area contributed by atoms with Crippen LogP contribution in [0.4, 0.5) is 10.1 Å². The van der Waals surface area contributed by atoms with E-state index < -0.39 is 0 Å². The fourth-order valence-corrected chi connectivity index (χ4v) is 2.13. The second-order valence-corrected chi connectivity index (χ2v) is 4.97.